The van der Waals surface area contributed by atoms with Crippen molar-refractivity contribution in [3.63, 3.8) is 0 Å². The van der Waals surface area contributed by atoms with Crippen molar-refractivity contribution in [3.05, 3.63) is 108 Å². The zero-order chi connectivity index (χ0) is 37.8. The van der Waals surface area contributed by atoms with Gasteiger partial charge in [0.05, 0.1) is 11.7 Å². The van der Waals surface area contributed by atoms with Gasteiger partial charge in [0.15, 0.2) is 0 Å². The predicted molar refractivity (Wildman–Crippen MR) is 186 cm³/mol. The summed E-state index contributed by atoms with van der Waals surface area (Å²) in [5, 5.41) is 38.3. The zero-order valence-corrected chi connectivity index (χ0v) is 27.6. The van der Waals surface area contributed by atoms with E-state index in [0.29, 0.717) is 42.4 Å². The molecule has 4 rings (SSSR count). The molecular formula is C35H35N5O11. The van der Waals surface area contributed by atoms with Crippen molar-refractivity contribution in [2.24, 2.45) is 0 Å². The van der Waals surface area contributed by atoms with Crippen LogP contribution in [0.25, 0.3) is 17.0 Å². The van der Waals surface area contributed by atoms with Crippen LogP contribution in [0.2, 0.25) is 0 Å². The fourth-order valence-corrected chi connectivity index (χ4v) is 3.73. The van der Waals surface area contributed by atoms with Crippen LogP contribution in [-0.2, 0) is 28.7 Å². The van der Waals surface area contributed by atoms with Crippen LogP contribution >= 0.6 is 0 Å². The topological polar surface area (TPSA) is 247 Å². The number of aromatic nitrogens is 3. The Hall–Kier alpha value is -6.94. The van der Waals surface area contributed by atoms with E-state index in [1.165, 1.54) is 7.11 Å². The molecule has 0 spiro atoms. The third-order valence-corrected chi connectivity index (χ3v) is 5.95. The Morgan fingerprint density at radius 2 is 1.43 bits per heavy atom. The number of carboxylic acids is 4. The van der Waals surface area contributed by atoms with E-state index < -0.39 is 23.9 Å². The van der Waals surface area contributed by atoms with E-state index in [2.05, 4.69) is 25.6 Å². The molecule has 2 aromatic heterocycles. The number of ether oxygens (including phenoxy) is 2. The molecule has 0 aliphatic rings. The number of carbonyl (C=O) groups is 5. The van der Waals surface area contributed by atoms with Gasteiger partial charge in [0.2, 0.25) is 5.91 Å². The molecule has 0 saturated heterocycles. The molecule has 4 aromatic rings. The maximum Gasteiger partial charge on any atom is 0.328 e. The van der Waals surface area contributed by atoms with Gasteiger partial charge in [0.25, 0.3) is 0 Å². The Kier molecular flexibility index (Phi) is 16.7. The minimum atomic E-state index is -1.26. The van der Waals surface area contributed by atoms with Gasteiger partial charge in [-0.3, -0.25) is 9.78 Å². The molecule has 16 nitrogen and oxygen atoms in total. The molecule has 16 heteroatoms. The zero-order valence-electron chi connectivity index (χ0n) is 27.6. The molecule has 2 aromatic carbocycles. The molecule has 0 saturated carbocycles. The van der Waals surface area contributed by atoms with E-state index in [4.69, 9.17) is 29.9 Å². The van der Waals surface area contributed by atoms with Gasteiger partial charge < -0.3 is 40.5 Å². The van der Waals surface area contributed by atoms with Crippen molar-refractivity contribution in [1.29, 1.82) is 0 Å². The van der Waals surface area contributed by atoms with Crippen molar-refractivity contribution >= 4 is 58.3 Å². The van der Waals surface area contributed by atoms with Crippen LogP contribution in [0.3, 0.4) is 0 Å². The monoisotopic (exact) mass is 701 g/mol. The highest BCUT2D eigenvalue weighted by atomic mass is 16.5. The number of aliphatic carboxylic acids is 4. The van der Waals surface area contributed by atoms with E-state index in [-0.39, 0.29) is 12.5 Å². The standard InChI is InChI=1S/C27H27N5O3.2C4H4O4/c1-18-13-21(8-11-25(18)35-22-9-6-19(2)29-15-22)32-27-23-14-20(7-10-24(23)30-17-31-27)5-4-12-28-26(33)16-34-3;2*5-3(6)1-2-4(7)8/h4-11,13-15,17H,12,16H2,1-3H3,(H,28,33)(H,30,31,32);2*1-2H,(H,5,6)(H,7,8)/b5-4+;2*2-1-. The summed E-state index contributed by atoms with van der Waals surface area (Å²) in [6, 6.07) is 15.6. The number of carbonyl (C=O) groups excluding carboxylic acids is 1. The molecule has 0 bridgehead atoms. The first-order valence-electron chi connectivity index (χ1n) is 14.7. The average Bonchev–Trinajstić information content (AvgIpc) is 3.08. The van der Waals surface area contributed by atoms with E-state index >= 15 is 0 Å². The van der Waals surface area contributed by atoms with Gasteiger partial charge in [-0.1, -0.05) is 18.2 Å². The quantitative estimate of drug-likeness (QED) is 0.106. The van der Waals surface area contributed by atoms with E-state index in [1.54, 1.807) is 12.5 Å². The highest BCUT2D eigenvalue weighted by Crippen LogP contribution is 2.30. The van der Waals surface area contributed by atoms with E-state index in [0.717, 1.165) is 39.2 Å². The summed E-state index contributed by atoms with van der Waals surface area (Å²) < 4.78 is 10.8. The number of hydrogen-bond donors (Lipinski definition) is 6. The molecule has 0 aliphatic heterocycles. The highest BCUT2D eigenvalue weighted by Gasteiger charge is 2.08. The summed E-state index contributed by atoms with van der Waals surface area (Å²) in [6.45, 7) is 4.40. The first-order valence-corrected chi connectivity index (χ1v) is 14.7. The summed E-state index contributed by atoms with van der Waals surface area (Å²) in [5.74, 6) is -3.02. The Balaban J connectivity index is 0.000000468. The maximum atomic E-state index is 11.5. The number of anilines is 2. The second kappa shape index (κ2) is 21.1. The lowest BCUT2D eigenvalue weighted by atomic mass is 10.1. The third-order valence-electron chi connectivity index (χ3n) is 5.95. The predicted octanol–water partition coefficient (Wildman–Crippen LogP) is 4.38. The Morgan fingerprint density at radius 1 is 0.784 bits per heavy atom. The number of carboxylic acid groups (broad SMARTS) is 4. The molecule has 266 valence electrons. The molecule has 0 aliphatic carbocycles. The molecule has 0 fully saturated rings. The van der Waals surface area contributed by atoms with Crippen molar-refractivity contribution in [3.8, 4) is 11.5 Å². The van der Waals surface area contributed by atoms with Crippen LogP contribution in [0.5, 0.6) is 11.5 Å². The molecule has 0 atom stereocenters. The SMILES string of the molecule is COCC(=O)NC/C=C/c1ccc2ncnc(Nc3ccc(Oc4ccc(C)nc4)c(C)c3)c2c1.O=C(O)/C=C\C(=O)O.O=C(O)/C=C\C(=O)O. The lowest BCUT2D eigenvalue weighted by Gasteiger charge is -2.12. The summed E-state index contributed by atoms with van der Waals surface area (Å²) in [4.78, 5) is 62.8. The number of amides is 1. The summed E-state index contributed by atoms with van der Waals surface area (Å²) in [7, 11) is 1.49. The average molecular weight is 702 g/mol. The van der Waals surface area contributed by atoms with Crippen LogP contribution in [0, 0.1) is 13.8 Å². The molecular weight excluding hydrogens is 666 g/mol. The fourth-order valence-electron chi connectivity index (χ4n) is 3.73. The second-order valence-electron chi connectivity index (χ2n) is 10.0. The molecule has 0 unspecified atom stereocenters. The normalized spacial score (nSPS) is 10.6. The first kappa shape index (κ1) is 40.2. The van der Waals surface area contributed by atoms with Crippen molar-refractivity contribution in [2.75, 3.05) is 25.6 Å². The maximum absolute atomic E-state index is 11.5. The van der Waals surface area contributed by atoms with Gasteiger partial charge in [0, 0.05) is 54.7 Å². The van der Waals surface area contributed by atoms with E-state index in [9.17, 15) is 24.0 Å². The Morgan fingerprint density at radius 3 is 1.98 bits per heavy atom. The van der Waals surface area contributed by atoms with Gasteiger partial charge >= 0.3 is 23.9 Å². The molecule has 0 radical (unpaired) electrons. The number of aryl methyl sites for hydroxylation is 2. The third kappa shape index (κ3) is 16.1. The molecule has 2 heterocycles. The van der Waals surface area contributed by atoms with Crippen molar-refractivity contribution in [2.45, 2.75) is 13.8 Å². The largest absolute Gasteiger partial charge is 0.478 e. The lowest BCUT2D eigenvalue weighted by Crippen LogP contribution is -2.26. The van der Waals surface area contributed by atoms with Crippen LogP contribution < -0.4 is 15.4 Å². The highest BCUT2D eigenvalue weighted by molar-refractivity contribution is 5.92. The Labute approximate surface area is 291 Å². The molecule has 51 heavy (non-hydrogen) atoms. The summed E-state index contributed by atoms with van der Waals surface area (Å²) >= 11 is 0. The van der Waals surface area contributed by atoms with Crippen LogP contribution in [0.1, 0.15) is 16.8 Å². The lowest BCUT2D eigenvalue weighted by molar-refractivity contribution is -0.134. The summed E-state index contributed by atoms with van der Waals surface area (Å²) in [6.07, 6.45) is 9.32. The van der Waals surface area contributed by atoms with Crippen molar-refractivity contribution in [1.82, 2.24) is 20.3 Å². The smallest absolute Gasteiger partial charge is 0.328 e. The number of methoxy groups -OCH3 is 1. The second-order valence-corrected chi connectivity index (χ2v) is 10.0. The number of nitrogens with one attached hydrogen (secondary N) is 2. The van der Waals surface area contributed by atoms with Gasteiger partial charge in [-0.25, -0.2) is 29.1 Å². The van der Waals surface area contributed by atoms with Crippen LogP contribution in [0.4, 0.5) is 11.5 Å². The summed E-state index contributed by atoms with van der Waals surface area (Å²) in [5.41, 5.74) is 4.62. The molecule has 1 amide bonds. The number of pyridine rings is 1. The van der Waals surface area contributed by atoms with Gasteiger partial charge in [-0.15, -0.1) is 0 Å². The van der Waals surface area contributed by atoms with Gasteiger partial charge in [-0.05, 0) is 67.4 Å². The number of hydrogen-bond acceptors (Lipinski definition) is 11. The number of benzene rings is 2. The fraction of sp³-hybridized carbons (Fsp3) is 0.143. The number of fused-ring (bicyclic) bond motifs is 1. The van der Waals surface area contributed by atoms with Crippen LogP contribution in [0.15, 0.2) is 91.4 Å². The van der Waals surface area contributed by atoms with Gasteiger partial charge in [-0.2, -0.15) is 0 Å². The Bertz CT molecular complexity index is 1860. The van der Waals surface area contributed by atoms with Crippen LogP contribution in [-0.4, -0.2) is 85.4 Å². The molecule has 6 N–H and O–H groups in total. The van der Waals surface area contributed by atoms with Crippen molar-refractivity contribution < 1.29 is 53.9 Å². The first-order chi connectivity index (χ1) is 24.3. The van der Waals surface area contributed by atoms with Gasteiger partial charge in [0.1, 0.15) is 30.3 Å². The minimum absolute atomic E-state index is 0.0475. The minimum Gasteiger partial charge on any atom is -0.478 e. The number of nitrogens with zero attached hydrogens (tertiary/aromatic N) is 3. The van der Waals surface area contributed by atoms with E-state index in [1.807, 2.05) is 74.5 Å². The number of rotatable bonds is 13.